The van der Waals surface area contributed by atoms with Crippen molar-refractivity contribution in [3.05, 3.63) is 59.1 Å². The predicted octanol–water partition coefficient (Wildman–Crippen LogP) is 3.67. The standard InChI is InChI=1S/C17H19ClN2O3S/c1-2-3-11-19-24(22,23)16-6-4-5-15(12-16)20-17(21)13-7-9-14(18)10-8-13/h4-10,12,19H,2-3,11H2,1H3,(H,20,21). The van der Waals surface area contributed by atoms with E-state index in [4.69, 9.17) is 11.6 Å². The normalized spacial score (nSPS) is 11.2. The van der Waals surface area contributed by atoms with E-state index >= 15 is 0 Å². The SMILES string of the molecule is CCCCNS(=O)(=O)c1cccc(NC(=O)c2ccc(Cl)cc2)c1. The smallest absolute Gasteiger partial charge is 0.255 e. The van der Waals surface area contributed by atoms with Crippen molar-refractivity contribution in [2.75, 3.05) is 11.9 Å². The Morgan fingerprint density at radius 1 is 1.12 bits per heavy atom. The van der Waals surface area contributed by atoms with E-state index in [2.05, 4.69) is 10.0 Å². The average Bonchev–Trinajstić information content (AvgIpc) is 2.56. The number of nitrogens with one attached hydrogen (secondary N) is 2. The molecule has 0 saturated heterocycles. The van der Waals surface area contributed by atoms with E-state index in [1.54, 1.807) is 36.4 Å². The third-order valence-electron chi connectivity index (χ3n) is 3.33. The average molecular weight is 367 g/mol. The first-order valence-corrected chi connectivity index (χ1v) is 9.45. The van der Waals surface area contributed by atoms with Crippen LogP contribution in [-0.4, -0.2) is 20.9 Å². The molecular weight excluding hydrogens is 348 g/mol. The molecule has 0 aliphatic carbocycles. The van der Waals surface area contributed by atoms with Gasteiger partial charge in [0.1, 0.15) is 0 Å². The van der Waals surface area contributed by atoms with E-state index in [9.17, 15) is 13.2 Å². The number of amides is 1. The second-order valence-electron chi connectivity index (χ2n) is 5.24. The fourth-order valence-corrected chi connectivity index (χ4v) is 3.26. The molecule has 24 heavy (non-hydrogen) atoms. The minimum Gasteiger partial charge on any atom is -0.322 e. The molecule has 0 aliphatic rings. The Balaban J connectivity index is 2.12. The van der Waals surface area contributed by atoms with Gasteiger partial charge in [-0.2, -0.15) is 0 Å². The molecule has 5 nitrogen and oxygen atoms in total. The monoisotopic (exact) mass is 366 g/mol. The van der Waals surface area contributed by atoms with E-state index in [1.165, 1.54) is 12.1 Å². The quantitative estimate of drug-likeness (QED) is 0.734. The number of hydrogen-bond acceptors (Lipinski definition) is 3. The Labute approximate surface area is 147 Å². The Bertz CT molecular complexity index is 805. The summed E-state index contributed by atoms with van der Waals surface area (Å²) in [5.74, 6) is -0.333. The van der Waals surface area contributed by atoms with Gasteiger partial charge in [0.05, 0.1) is 4.90 Å². The Morgan fingerprint density at radius 3 is 2.50 bits per heavy atom. The zero-order valence-electron chi connectivity index (χ0n) is 13.3. The van der Waals surface area contributed by atoms with Gasteiger partial charge in [0.2, 0.25) is 10.0 Å². The maximum Gasteiger partial charge on any atom is 0.255 e. The molecule has 0 fully saturated rings. The Morgan fingerprint density at radius 2 is 1.83 bits per heavy atom. The van der Waals surface area contributed by atoms with Crippen LogP contribution in [0.4, 0.5) is 5.69 Å². The number of halogens is 1. The molecular formula is C17H19ClN2O3S. The zero-order valence-corrected chi connectivity index (χ0v) is 14.8. The summed E-state index contributed by atoms with van der Waals surface area (Å²) in [6.07, 6.45) is 1.67. The summed E-state index contributed by atoms with van der Waals surface area (Å²) in [5.41, 5.74) is 0.849. The van der Waals surface area contributed by atoms with Gasteiger partial charge in [-0.25, -0.2) is 13.1 Å². The van der Waals surface area contributed by atoms with Gasteiger partial charge in [0, 0.05) is 22.8 Å². The fraction of sp³-hybridized carbons (Fsp3) is 0.235. The van der Waals surface area contributed by atoms with E-state index < -0.39 is 10.0 Å². The zero-order chi connectivity index (χ0) is 17.6. The number of sulfonamides is 1. The number of carbonyl (C=O) groups excluding carboxylic acids is 1. The van der Waals surface area contributed by atoms with Crippen molar-refractivity contribution in [2.24, 2.45) is 0 Å². The van der Waals surface area contributed by atoms with Gasteiger partial charge in [0.25, 0.3) is 5.91 Å². The minimum atomic E-state index is -3.58. The molecule has 0 atom stereocenters. The summed E-state index contributed by atoms with van der Waals surface area (Å²) in [6.45, 7) is 2.38. The van der Waals surface area contributed by atoms with E-state index in [0.717, 1.165) is 12.8 Å². The largest absolute Gasteiger partial charge is 0.322 e. The number of unbranched alkanes of at least 4 members (excludes halogenated alkanes) is 1. The third kappa shape index (κ3) is 5.06. The first-order chi connectivity index (χ1) is 11.4. The molecule has 0 aromatic heterocycles. The van der Waals surface area contributed by atoms with Crippen LogP contribution in [0.2, 0.25) is 5.02 Å². The van der Waals surface area contributed by atoms with Gasteiger partial charge in [0.15, 0.2) is 0 Å². The van der Waals surface area contributed by atoms with Crippen molar-refractivity contribution in [3.63, 3.8) is 0 Å². The lowest BCUT2D eigenvalue weighted by molar-refractivity contribution is 0.102. The van der Waals surface area contributed by atoms with Crippen LogP contribution in [0.3, 0.4) is 0 Å². The van der Waals surface area contributed by atoms with Crippen LogP contribution in [0.15, 0.2) is 53.4 Å². The topological polar surface area (TPSA) is 75.3 Å². The molecule has 2 aromatic rings. The molecule has 0 radical (unpaired) electrons. The maximum atomic E-state index is 12.2. The number of carbonyl (C=O) groups is 1. The van der Waals surface area contributed by atoms with E-state index in [-0.39, 0.29) is 10.8 Å². The second kappa shape index (κ2) is 8.28. The van der Waals surface area contributed by atoms with E-state index in [0.29, 0.717) is 22.8 Å². The van der Waals surface area contributed by atoms with Crippen molar-refractivity contribution in [2.45, 2.75) is 24.7 Å². The van der Waals surface area contributed by atoms with E-state index in [1.807, 2.05) is 6.92 Å². The molecule has 0 aliphatic heterocycles. The van der Waals surface area contributed by atoms with Crippen molar-refractivity contribution in [1.82, 2.24) is 4.72 Å². The maximum absolute atomic E-state index is 12.2. The molecule has 2 N–H and O–H groups in total. The van der Waals surface area contributed by atoms with Gasteiger partial charge in [-0.1, -0.05) is 31.0 Å². The van der Waals surface area contributed by atoms with Crippen molar-refractivity contribution in [1.29, 1.82) is 0 Å². The number of hydrogen-bond donors (Lipinski definition) is 2. The van der Waals surface area contributed by atoms with Crippen molar-refractivity contribution < 1.29 is 13.2 Å². The van der Waals surface area contributed by atoms with Crippen LogP contribution in [0, 0.1) is 0 Å². The summed E-state index contributed by atoms with van der Waals surface area (Å²) in [5, 5.41) is 3.22. The van der Waals surface area contributed by atoms with Gasteiger partial charge >= 0.3 is 0 Å². The van der Waals surface area contributed by atoms with Crippen LogP contribution in [-0.2, 0) is 10.0 Å². The van der Waals surface area contributed by atoms with Crippen LogP contribution in [0.25, 0.3) is 0 Å². The highest BCUT2D eigenvalue weighted by atomic mass is 35.5. The molecule has 1 amide bonds. The van der Waals surface area contributed by atoms with Gasteiger partial charge in [-0.15, -0.1) is 0 Å². The highest BCUT2D eigenvalue weighted by molar-refractivity contribution is 7.89. The Hall–Kier alpha value is -1.89. The summed E-state index contributed by atoms with van der Waals surface area (Å²) in [7, 11) is -3.58. The van der Waals surface area contributed by atoms with Crippen LogP contribution in [0.5, 0.6) is 0 Å². The molecule has 0 spiro atoms. The number of benzene rings is 2. The molecule has 0 heterocycles. The van der Waals surface area contributed by atoms with Crippen LogP contribution < -0.4 is 10.0 Å². The molecule has 128 valence electrons. The molecule has 0 bridgehead atoms. The summed E-state index contributed by atoms with van der Waals surface area (Å²) in [6, 6.07) is 12.6. The molecule has 2 aromatic carbocycles. The summed E-state index contributed by atoms with van der Waals surface area (Å²) < 4.78 is 27.0. The van der Waals surface area contributed by atoms with Crippen molar-refractivity contribution in [3.8, 4) is 0 Å². The van der Waals surface area contributed by atoms with Gasteiger partial charge < -0.3 is 5.32 Å². The fourth-order valence-electron chi connectivity index (χ4n) is 2.01. The molecule has 2 rings (SSSR count). The lowest BCUT2D eigenvalue weighted by Crippen LogP contribution is -2.24. The second-order valence-corrected chi connectivity index (χ2v) is 7.44. The lowest BCUT2D eigenvalue weighted by Gasteiger charge is -2.09. The Kier molecular flexibility index (Phi) is 6.36. The van der Waals surface area contributed by atoms with Crippen LogP contribution in [0.1, 0.15) is 30.1 Å². The van der Waals surface area contributed by atoms with Crippen LogP contribution >= 0.6 is 11.6 Å². The highest BCUT2D eigenvalue weighted by Gasteiger charge is 2.14. The summed E-state index contributed by atoms with van der Waals surface area (Å²) in [4.78, 5) is 12.3. The number of anilines is 1. The molecule has 0 saturated carbocycles. The lowest BCUT2D eigenvalue weighted by atomic mass is 10.2. The van der Waals surface area contributed by atoms with Gasteiger partial charge in [-0.05, 0) is 48.9 Å². The first-order valence-electron chi connectivity index (χ1n) is 7.59. The molecule has 7 heteroatoms. The third-order valence-corrected chi connectivity index (χ3v) is 5.04. The summed E-state index contributed by atoms with van der Waals surface area (Å²) >= 11 is 5.79. The van der Waals surface area contributed by atoms with Gasteiger partial charge in [-0.3, -0.25) is 4.79 Å². The predicted molar refractivity (Wildman–Crippen MR) is 95.9 cm³/mol. The highest BCUT2D eigenvalue weighted by Crippen LogP contribution is 2.17. The minimum absolute atomic E-state index is 0.118. The molecule has 0 unspecified atom stereocenters. The first kappa shape index (κ1) is 18.4. The van der Waals surface area contributed by atoms with Crippen molar-refractivity contribution >= 4 is 33.2 Å². The number of rotatable bonds is 7.